The Morgan fingerprint density at radius 1 is 1.33 bits per heavy atom. The van der Waals surface area contributed by atoms with E-state index in [4.69, 9.17) is 4.52 Å². The minimum atomic E-state index is -0.380. The number of fused-ring (bicyclic) bond motifs is 1. The molecule has 0 aliphatic heterocycles. The molecule has 1 atom stereocenters. The number of aromatic nitrogens is 5. The van der Waals surface area contributed by atoms with Gasteiger partial charge in [0.2, 0.25) is 5.89 Å². The lowest BCUT2D eigenvalue weighted by Crippen LogP contribution is -2.27. The van der Waals surface area contributed by atoms with E-state index < -0.39 is 0 Å². The molecule has 3 heterocycles. The van der Waals surface area contributed by atoms with E-state index in [2.05, 4.69) is 39.3 Å². The highest BCUT2D eigenvalue weighted by molar-refractivity contribution is 5.96. The van der Waals surface area contributed by atoms with Crippen molar-refractivity contribution >= 4 is 17.1 Å². The van der Waals surface area contributed by atoms with Crippen molar-refractivity contribution in [3.05, 3.63) is 35.9 Å². The number of nitrogens with one attached hydrogen (secondary N) is 1. The molecule has 8 heteroatoms. The largest absolute Gasteiger partial charge is 0.340 e. The lowest BCUT2D eigenvalue weighted by Gasteiger charge is -2.10. The first-order chi connectivity index (χ1) is 11.5. The maximum atomic E-state index is 12.4. The zero-order valence-electron chi connectivity index (χ0n) is 14.1. The Morgan fingerprint density at radius 2 is 2.12 bits per heavy atom. The van der Waals surface area contributed by atoms with Crippen LogP contribution in [0.25, 0.3) is 11.2 Å². The van der Waals surface area contributed by atoms with E-state index in [-0.39, 0.29) is 18.0 Å². The summed E-state index contributed by atoms with van der Waals surface area (Å²) in [7, 11) is 0. The smallest absolute Gasteiger partial charge is 0.253 e. The lowest BCUT2D eigenvalue weighted by molar-refractivity contribution is 0.0932. The number of carbonyl (C=O) groups excluding carboxylic acids is 1. The van der Waals surface area contributed by atoms with Gasteiger partial charge in [-0.15, -0.1) is 0 Å². The summed E-state index contributed by atoms with van der Waals surface area (Å²) >= 11 is 0. The summed E-state index contributed by atoms with van der Waals surface area (Å²) in [6, 6.07) is 1.61. The fourth-order valence-electron chi connectivity index (χ4n) is 2.35. The van der Waals surface area contributed by atoms with Crippen LogP contribution >= 0.6 is 0 Å². The van der Waals surface area contributed by atoms with Crippen molar-refractivity contribution in [1.82, 2.24) is 30.0 Å². The third kappa shape index (κ3) is 2.99. The summed E-state index contributed by atoms with van der Waals surface area (Å²) in [4.78, 5) is 25.3. The van der Waals surface area contributed by atoms with E-state index in [1.807, 2.05) is 11.5 Å². The molecule has 0 aromatic carbocycles. The summed E-state index contributed by atoms with van der Waals surface area (Å²) in [6.07, 6.45) is 3.97. The van der Waals surface area contributed by atoms with Gasteiger partial charge in [0.1, 0.15) is 11.6 Å². The van der Waals surface area contributed by atoms with Gasteiger partial charge >= 0.3 is 0 Å². The molecule has 0 fully saturated rings. The molecule has 126 valence electrons. The normalized spacial score (nSPS) is 12.7. The monoisotopic (exact) mass is 328 g/mol. The summed E-state index contributed by atoms with van der Waals surface area (Å²) in [5, 5.41) is 6.67. The number of aryl methyl sites for hydroxylation is 1. The van der Waals surface area contributed by atoms with Crippen molar-refractivity contribution in [3.8, 4) is 0 Å². The number of amides is 1. The number of pyridine rings is 1. The third-order valence-electron chi connectivity index (χ3n) is 3.75. The Morgan fingerprint density at radius 3 is 2.79 bits per heavy atom. The van der Waals surface area contributed by atoms with Gasteiger partial charge in [-0.05, 0) is 26.8 Å². The number of rotatable bonds is 5. The molecule has 1 unspecified atom stereocenters. The van der Waals surface area contributed by atoms with Gasteiger partial charge in [0.05, 0.1) is 11.9 Å². The van der Waals surface area contributed by atoms with Crippen LogP contribution in [0, 0.1) is 0 Å². The fourth-order valence-corrected chi connectivity index (χ4v) is 2.35. The first-order valence-electron chi connectivity index (χ1n) is 7.95. The van der Waals surface area contributed by atoms with Gasteiger partial charge < -0.3 is 14.4 Å². The van der Waals surface area contributed by atoms with Gasteiger partial charge in [0, 0.05) is 18.7 Å². The average molecular weight is 328 g/mol. The highest BCUT2D eigenvalue weighted by atomic mass is 16.5. The van der Waals surface area contributed by atoms with Crippen molar-refractivity contribution in [2.45, 2.75) is 46.2 Å². The second-order valence-corrected chi connectivity index (χ2v) is 5.91. The van der Waals surface area contributed by atoms with Gasteiger partial charge in [-0.25, -0.2) is 9.97 Å². The van der Waals surface area contributed by atoms with E-state index in [0.29, 0.717) is 29.2 Å². The van der Waals surface area contributed by atoms with Crippen molar-refractivity contribution < 1.29 is 9.32 Å². The van der Waals surface area contributed by atoms with E-state index in [1.165, 1.54) is 0 Å². The Labute approximate surface area is 139 Å². The Balaban J connectivity index is 1.78. The molecule has 3 rings (SSSR count). The van der Waals surface area contributed by atoms with Crippen LogP contribution in [0.5, 0.6) is 0 Å². The topological polar surface area (TPSA) is 98.7 Å². The van der Waals surface area contributed by atoms with Crippen molar-refractivity contribution in [2.24, 2.45) is 0 Å². The van der Waals surface area contributed by atoms with E-state index >= 15 is 0 Å². The molecule has 0 saturated heterocycles. The van der Waals surface area contributed by atoms with Crippen LogP contribution in [-0.2, 0) is 6.42 Å². The standard InChI is InChI=1S/C16H20N6O2/c1-5-13-20-16(24-21-13)10(4)19-15(23)11-6-12-14(17-7-11)22(8-18-12)9(2)3/h6-10H,5H2,1-4H3,(H,19,23). The second kappa shape index (κ2) is 6.38. The van der Waals surface area contributed by atoms with E-state index in [1.54, 1.807) is 25.5 Å². The first-order valence-corrected chi connectivity index (χ1v) is 7.95. The summed E-state index contributed by atoms with van der Waals surface area (Å²) in [6.45, 7) is 7.85. The van der Waals surface area contributed by atoms with Crippen molar-refractivity contribution in [3.63, 3.8) is 0 Å². The molecular formula is C16H20N6O2. The molecular weight excluding hydrogens is 308 g/mol. The minimum Gasteiger partial charge on any atom is -0.340 e. The number of carbonyl (C=O) groups is 1. The van der Waals surface area contributed by atoms with Gasteiger partial charge in [-0.3, -0.25) is 4.79 Å². The molecule has 0 bridgehead atoms. The molecule has 3 aromatic rings. The summed E-state index contributed by atoms with van der Waals surface area (Å²) < 4.78 is 7.11. The van der Waals surface area contributed by atoms with Crippen LogP contribution in [-0.4, -0.2) is 30.6 Å². The number of imidazole rings is 1. The van der Waals surface area contributed by atoms with Gasteiger partial charge in [0.15, 0.2) is 11.5 Å². The molecule has 3 aromatic heterocycles. The SMILES string of the molecule is CCc1noc(C(C)NC(=O)c2cnc3c(c2)ncn3C(C)C)n1. The molecule has 0 aliphatic rings. The second-order valence-electron chi connectivity index (χ2n) is 5.91. The Hall–Kier alpha value is -2.77. The molecule has 24 heavy (non-hydrogen) atoms. The summed E-state index contributed by atoms with van der Waals surface area (Å²) in [5.74, 6) is 0.749. The molecule has 8 nitrogen and oxygen atoms in total. The fraction of sp³-hybridized carbons (Fsp3) is 0.438. The predicted molar refractivity (Wildman–Crippen MR) is 87.5 cm³/mol. The van der Waals surface area contributed by atoms with Crippen LogP contribution in [0.15, 0.2) is 23.1 Å². The third-order valence-corrected chi connectivity index (χ3v) is 3.75. The number of hydrogen-bond acceptors (Lipinski definition) is 6. The Bertz CT molecular complexity index is 866. The lowest BCUT2D eigenvalue weighted by atomic mass is 10.2. The zero-order chi connectivity index (χ0) is 17.3. The molecule has 1 N–H and O–H groups in total. The van der Waals surface area contributed by atoms with E-state index in [0.717, 1.165) is 5.65 Å². The summed E-state index contributed by atoms with van der Waals surface area (Å²) in [5.41, 5.74) is 1.90. The minimum absolute atomic E-state index is 0.257. The maximum Gasteiger partial charge on any atom is 0.253 e. The molecule has 0 aliphatic carbocycles. The number of nitrogens with zero attached hydrogens (tertiary/aromatic N) is 5. The number of hydrogen-bond donors (Lipinski definition) is 1. The van der Waals surface area contributed by atoms with Crippen molar-refractivity contribution in [2.75, 3.05) is 0 Å². The van der Waals surface area contributed by atoms with Crippen molar-refractivity contribution in [1.29, 1.82) is 0 Å². The Kier molecular flexibility index (Phi) is 4.28. The van der Waals surface area contributed by atoms with Gasteiger partial charge in [0.25, 0.3) is 5.91 Å². The van der Waals surface area contributed by atoms with Crippen LogP contribution in [0.4, 0.5) is 0 Å². The van der Waals surface area contributed by atoms with Gasteiger partial charge in [-0.2, -0.15) is 4.98 Å². The quantitative estimate of drug-likeness (QED) is 0.772. The molecule has 0 saturated carbocycles. The first kappa shape index (κ1) is 16.1. The molecule has 0 spiro atoms. The highest BCUT2D eigenvalue weighted by Gasteiger charge is 2.18. The predicted octanol–water partition coefficient (Wildman–Crippen LogP) is 2.45. The van der Waals surface area contributed by atoms with Crippen LogP contribution in [0.1, 0.15) is 61.9 Å². The van der Waals surface area contributed by atoms with Gasteiger partial charge in [-0.1, -0.05) is 12.1 Å². The zero-order valence-corrected chi connectivity index (χ0v) is 14.1. The molecule has 0 radical (unpaired) electrons. The van der Waals surface area contributed by atoms with Crippen LogP contribution in [0.3, 0.4) is 0 Å². The maximum absolute atomic E-state index is 12.4. The van der Waals surface area contributed by atoms with Crippen LogP contribution < -0.4 is 5.32 Å². The average Bonchev–Trinajstić information content (AvgIpc) is 3.20. The van der Waals surface area contributed by atoms with E-state index in [9.17, 15) is 4.79 Å². The van der Waals surface area contributed by atoms with Crippen LogP contribution in [0.2, 0.25) is 0 Å². The highest BCUT2D eigenvalue weighted by Crippen LogP contribution is 2.17. The molecule has 1 amide bonds.